The van der Waals surface area contributed by atoms with Gasteiger partial charge in [0, 0.05) is 16.8 Å². The van der Waals surface area contributed by atoms with Crippen LogP contribution < -0.4 is 0 Å². The molecule has 128 valence electrons. The molecule has 0 radical (unpaired) electrons. The summed E-state index contributed by atoms with van der Waals surface area (Å²) >= 11 is 0. The van der Waals surface area contributed by atoms with Gasteiger partial charge in [-0.2, -0.15) is 5.26 Å². The molecule has 0 bridgehead atoms. The largest absolute Gasteiger partial charge is 0.454 e. The number of carbonyl (C=O) groups excluding carboxylic acids is 2. The van der Waals surface area contributed by atoms with Crippen LogP contribution in [0.3, 0.4) is 0 Å². The first-order valence-electron chi connectivity index (χ1n) is 7.93. The predicted molar refractivity (Wildman–Crippen MR) is 93.7 cm³/mol. The van der Waals surface area contributed by atoms with E-state index in [1.807, 2.05) is 19.1 Å². The first-order chi connectivity index (χ1) is 11.9. The molecule has 0 aliphatic heterocycles. The van der Waals surface area contributed by atoms with Crippen LogP contribution in [0.15, 0.2) is 24.3 Å². The van der Waals surface area contributed by atoms with Crippen LogP contribution in [-0.4, -0.2) is 29.1 Å². The fourth-order valence-corrected chi connectivity index (χ4v) is 2.67. The Morgan fingerprint density at radius 2 is 2.04 bits per heavy atom. The maximum Gasteiger partial charge on any atom is 0.339 e. The van der Waals surface area contributed by atoms with E-state index in [9.17, 15) is 9.59 Å². The predicted octanol–water partition coefficient (Wildman–Crippen LogP) is 3.01. The Labute approximate surface area is 145 Å². The zero-order valence-electron chi connectivity index (χ0n) is 14.4. The van der Waals surface area contributed by atoms with Gasteiger partial charge in [0.05, 0.1) is 17.1 Å². The molecule has 2 rings (SSSR count). The number of para-hydroxylation sites is 1. The Hall–Kier alpha value is -3.07. The number of hydrogen-bond donors (Lipinski definition) is 1. The van der Waals surface area contributed by atoms with Crippen molar-refractivity contribution in [2.24, 2.45) is 5.92 Å². The molecule has 6 heteroatoms. The Balaban J connectivity index is 2.34. The normalized spacial score (nSPS) is 11.6. The lowest BCUT2D eigenvalue weighted by atomic mass is 10.00. The number of nitriles is 1. The van der Waals surface area contributed by atoms with Gasteiger partial charge < -0.3 is 10.1 Å². The molecular weight excluding hydrogens is 318 g/mol. The standard InChI is InChI=1S/C19H19N3O3/c1-4-15-11(2)18(13-7-5-6-8-16(13)22-15)19(24)25-10-17(23)14(9-20)12(3)21/h5-8,14,21H,4,10H2,1-3H3/t14-/m1/s1. The average Bonchev–Trinajstić information content (AvgIpc) is 2.59. The third-order valence-corrected chi connectivity index (χ3v) is 4.01. The molecule has 1 aromatic heterocycles. The lowest BCUT2D eigenvalue weighted by Gasteiger charge is -2.13. The number of Topliss-reactive ketones (excluding diaryl/α,β-unsaturated/α-hetero) is 1. The third-order valence-electron chi connectivity index (χ3n) is 4.01. The van der Waals surface area contributed by atoms with Crippen LogP contribution in [0.25, 0.3) is 10.9 Å². The topological polar surface area (TPSA) is 104 Å². The highest BCUT2D eigenvalue weighted by Gasteiger charge is 2.24. The maximum atomic E-state index is 12.6. The number of ketones is 1. The van der Waals surface area contributed by atoms with Gasteiger partial charge in [-0.1, -0.05) is 25.1 Å². The van der Waals surface area contributed by atoms with Crippen LogP contribution in [0.5, 0.6) is 0 Å². The van der Waals surface area contributed by atoms with E-state index in [4.69, 9.17) is 15.4 Å². The molecule has 0 amide bonds. The minimum absolute atomic E-state index is 0.0673. The minimum atomic E-state index is -1.19. The van der Waals surface area contributed by atoms with Crippen molar-refractivity contribution in [2.45, 2.75) is 27.2 Å². The number of ether oxygens (including phenoxy) is 1. The summed E-state index contributed by atoms with van der Waals surface area (Å²) in [5.74, 6) is -2.41. The summed E-state index contributed by atoms with van der Waals surface area (Å²) in [4.78, 5) is 29.1. The van der Waals surface area contributed by atoms with E-state index < -0.39 is 24.3 Å². The molecule has 0 saturated carbocycles. The molecule has 1 aromatic carbocycles. The van der Waals surface area contributed by atoms with Crippen molar-refractivity contribution in [3.63, 3.8) is 0 Å². The zero-order valence-corrected chi connectivity index (χ0v) is 14.4. The van der Waals surface area contributed by atoms with Gasteiger partial charge in [0.15, 0.2) is 12.4 Å². The first kappa shape index (κ1) is 18.3. The Kier molecular flexibility index (Phi) is 5.60. The van der Waals surface area contributed by atoms with Gasteiger partial charge in [0.1, 0.15) is 5.92 Å². The van der Waals surface area contributed by atoms with E-state index in [1.54, 1.807) is 25.1 Å². The van der Waals surface area contributed by atoms with Gasteiger partial charge in [-0.05, 0) is 31.9 Å². The fourth-order valence-electron chi connectivity index (χ4n) is 2.67. The maximum absolute atomic E-state index is 12.6. The van der Waals surface area contributed by atoms with E-state index in [0.717, 1.165) is 11.3 Å². The second-order valence-electron chi connectivity index (χ2n) is 5.72. The number of benzene rings is 1. The van der Waals surface area contributed by atoms with Crippen molar-refractivity contribution in [3.05, 3.63) is 41.1 Å². The number of pyridine rings is 1. The van der Waals surface area contributed by atoms with Gasteiger partial charge in [-0.25, -0.2) is 4.79 Å². The molecule has 0 fully saturated rings. The zero-order chi connectivity index (χ0) is 18.6. The summed E-state index contributed by atoms with van der Waals surface area (Å²) < 4.78 is 5.15. The highest BCUT2D eigenvalue weighted by molar-refractivity contribution is 6.08. The molecule has 1 heterocycles. The number of fused-ring (bicyclic) bond motifs is 1. The molecule has 1 N–H and O–H groups in total. The van der Waals surface area contributed by atoms with Gasteiger partial charge in [0.25, 0.3) is 0 Å². The summed E-state index contributed by atoms with van der Waals surface area (Å²) in [5, 5.41) is 17.0. The van der Waals surface area contributed by atoms with Gasteiger partial charge >= 0.3 is 5.97 Å². The van der Waals surface area contributed by atoms with Crippen LogP contribution in [0, 0.1) is 29.6 Å². The minimum Gasteiger partial charge on any atom is -0.454 e. The summed E-state index contributed by atoms with van der Waals surface area (Å²) in [5.41, 5.74) is 2.52. The Bertz CT molecular complexity index is 897. The van der Waals surface area contributed by atoms with Crippen LogP contribution >= 0.6 is 0 Å². The first-order valence-corrected chi connectivity index (χ1v) is 7.93. The van der Waals surface area contributed by atoms with E-state index in [-0.39, 0.29) is 5.71 Å². The number of esters is 1. The lowest BCUT2D eigenvalue weighted by Crippen LogP contribution is -2.26. The van der Waals surface area contributed by atoms with Gasteiger partial charge in [-0.3, -0.25) is 9.78 Å². The second-order valence-corrected chi connectivity index (χ2v) is 5.72. The summed E-state index contributed by atoms with van der Waals surface area (Å²) in [6.45, 7) is 4.59. The van der Waals surface area contributed by atoms with E-state index in [0.29, 0.717) is 22.9 Å². The van der Waals surface area contributed by atoms with Crippen molar-refractivity contribution < 1.29 is 14.3 Å². The van der Waals surface area contributed by atoms with E-state index in [2.05, 4.69) is 4.98 Å². The molecule has 6 nitrogen and oxygen atoms in total. The van der Waals surface area contributed by atoms with Crippen molar-refractivity contribution in [3.8, 4) is 6.07 Å². The van der Waals surface area contributed by atoms with Crippen LogP contribution in [-0.2, 0) is 16.0 Å². The van der Waals surface area contributed by atoms with Crippen LogP contribution in [0.1, 0.15) is 35.5 Å². The molecule has 2 aromatic rings. The number of hydrogen-bond acceptors (Lipinski definition) is 6. The highest BCUT2D eigenvalue weighted by Crippen LogP contribution is 2.24. The molecular formula is C19H19N3O3. The van der Waals surface area contributed by atoms with Crippen molar-refractivity contribution >= 4 is 28.4 Å². The van der Waals surface area contributed by atoms with Crippen molar-refractivity contribution in [1.82, 2.24) is 4.98 Å². The number of nitrogens with zero attached hydrogens (tertiary/aromatic N) is 2. The SMILES string of the molecule is CCc1nc2ccccc2c(C(=O)OCC(=O)[C@H](C#N)C(C)=N)c1C. The molecule has 0 saturated heterocycles. The number of aromatic nitrogens is 1. The number of rotatable bonds is 6. The fraction of sp³-hybridized carbons (Fsp3) is 0.316. The van der Waals surface area contributed by atoms with Crippen LogP contribution in [0.2, 0.25) is 0 Å². The molecule has 0 aliphatic rings. The van der Waals surface area contributed by atoms with Gasteiger partial charge in [-0.15, -0.1) is 0 Å². The molecule has 0 unspecified atom stereocenters. The third kappa shape index (κ3) is 3.72. The van der Waals surface area contributed by atoms with Crippen molar-refractivity contribution in [2.75, 3.05) is 6.61 Å². The quantitative estimate of drug-likeness (QED) is 0.644. The Morgan fingerprint density at radius 1 is 1.36 bits per heavy atom. The van der Waals surface area contributed by atoms with Crippen LogP contribution in [0.4, 0.5) is 0 Å². The van der Waals surface area contributed by atoms with Gasteiger partial charge in [0.2, 0.25) is 0 Å². The number of aryl methyl sites for hydroxylation is 1. The molecule has 0 aliphatic carbocycles. The lowest BCUT2D eigenvalue weighted by molar-refractivity contribution is -0.122. The van der Waals surface area contributed by atoms with E-state index in [1.165, 1.54) is 6.92 Å². The summed E-state index contributed by atoms with van der Waals surface area (Å²) in [6.07, 6.45) is 0.666. The second kappa shape index (κ2) is 7.67. The molecule has 0 spiro atoms. The number of carbonyl (C=O) groups is 2. The highest BCUT2D eigenvalue weighted by atomic mass is 16.5. The van der Waals surface area contributed by atoms with E-state index >= 15 is 0 Å². The molecule has 1 atom stereocenters. The monoisotopic (exact) mass is 337 g/mol. The smallest absolute Gasteiger partial charge is 0.339 e. The summed E-state index contributed by atoms with van der Waals surface area (Å²) in [6, 6.07) is 9.00. The summed E-state index contributed by atoms with van der Waals surface area (Å²) in [7, 11) is 0. The molecule has 25 heavy (non-hydrogen) atoms. The Morgan fingerprint density at radius 3 is 2.64 bits per heavy atom. The number of nitrogens with one attached hydrogen (secondary N) is 1. The van der Waals surface area contributed by atoms with Crippen molar-refractivity contribution in [1.29, 1.82) is 10.7 Å². The average molecular weight is 337 g/mol.